The van der Waals surface area contributed by atoms with Gasteiger partial charge in [-0.3, -0.25) is 10.1 Å². The zero-order valence-corrected chi connectivity index (χ0v) is 11.5. The van der Waals surface area contributed by atoms with Gasteiger partial charge in [0.25, 0.3) is 0 Å². The lowest BCUT2D eigenvalue weighted by Crippen LogP contribution is -2.35. The standard InChI is InChI=1S/C10H11BrF3N3O2/c1-2-3-16(6-10(12,13)14)9-8(17(18)19)4-7(11)5-15-9/h4-5H,2-3,6H2,1H3. The third kappa shape index (κ3) is 4.66. The summed E-state index contributed by atoms with van der Waals surface area (Å²) >= 11 is 3.01. The van der Waals surface area contributed by atoms with Crippen LogP contribution in [0.25, 0.3) is 0 Å². The topological polar surface area (TPSA) is 59.3 Å². The van der Waals surface area contributed by atoms with Gasteiger partial charge < -0.3 is 4.90 Å². The molecule has 9 heteroatoms. The molecule has 0 unspecified atom stereocenters. The average Bonchev–Trinajstić information content (AvgIpc) is 2.26. The first-order valence-corrected chi connectivity index (χ1v) is 6.15. The second-order valence-corrected chi connectivity index (χ2v) is 4.71. The summed E-state index contributed by atoms with van der Waals surface area (Å²) in [5.74, 6) is -0.271. The van der Waals surface area contributed by atoms with Crippen LogP contribution in [0.2, 0.25) is 0 Å². The number of nitrogens with zero attached hydrogens (tertiary/aromatic N) is 3. The predicted octanol–water partition coefficient (Wildman–Crippen LogP) is 3.53. The monoisotopic (exact) mass is 341 g/mol. The van der Waals surface area contributed by atoms with Gasteiger partial charge in [0.1, 0.15) is 6.54 Å². The number of pyridine rings is 1. The maximum Gasteiger partial charge on any atom is 0.405 e. The number of hydrogen-bond donors (Lipinski definition) is 0. The van der Waals surface area contributed by atoms with E-state index in [1.807, 2.05) is 0 Å². The predicted molar refractivity (Wildman–Crippen MR) is 67.2 cm³/mol. The number of anilines is 1. The molecule has 0 bridgehead atoms. The fourth-order valence-corrected chi connectivity index (χ4v) is 1.86. The van der Waals surface area contributed by atoms with Crippen LogP contribution in [-0.4, -0.2) is 29.2 Å². The first-order chi connectivity index (χ1) is 8.74. The number of alkyl halides is 3. The summed E-state index contributed by atoms with van der Waals surface area (Å²) in [5, 5.41) is 10.9. The summed E-state index contributed by atoms with van der Waals surface area (Å²) in [6, 6.07) is 1.14. The highest BCUT2D eigenvalue weighted by Gasteiger charge is 2.33. The Labute approximate surface area is 115 Å². The lowest BCUT2D eigenvalue weighted by atomic mass is 10.3. The summed E-state index contributed by atoms with van der Waals surface area (Å²) in [6.07, 6.45) is -2.79. The number of halogens is 4. The van der Waals surface area contributed by atoms with E-state index in [1.54, 1.807) is 6.92 Å². The highest BCUT2D eigenvalue weighted by atomic mass is 79.9. The fraction of sp³-hybridized carbons (Fsp3) is 0.500. The van der Waals surface area contributed by atoms with Crippen molar-refractivity contribution in [1.29, 1.82) is 0 Å². The summed E-state index contributed by atoms with van der Waals surface area (Å²) in [4.78, 5) is 14.7. The molecule has 0 amide bonds. The van der Waals surface area contributed by atoms with Crippen LogP contribution in [0.15, 0.2) is 16.7 Å². The van der Waals surface area contributed by atoms with Crippen LogP contribution < -0.4 is 4.90 Å². The Kier molecular flexibility index (Phi) is 5.10. The molecule has 0 N–H and O–H groups in total. The molecule has 5 nitrogen and oxygen atoms in total. The van der Waals surface area contributed by atoms with Crippen LogP contribution >= 0.6 is 15.9 Å². The molecule has 19 heavy (non-hydrogen) atoms. The van der Waals surface area contributed by atoms with Crippen molar-refractivity contribution in [3.63, 3.8) is 0 Å². The number of aromatic nitrogens is 1. The lowest BCUT2D eigenvalue weighted by Gasteiger charge is -2.24. The molecule has 1 heterocycles. The maximum atomic E-state index is 12.5. The van der Waals surface area contributed by atoms with Crippen LogP contribution in [0, 0.1) is 10.1 Å². The van der Waals surface area contributed by atoms with Gasteiger partial charge in [-0.2, -0.15) is 13.2 Å². The molecule has 1 aromatic heterocycles. The van der Waals surface area contributed by atoms with Crippen LogP contribution in [0.5, 0.6) is 0 Å². The molecule has 0 aromatic carbocycles. The fourth-order valence-electron chi connectivity index (χ4n) is 1.55. The molecule has 0 fully saturated rings. The molecule has 0 saturated carbocycles. The van der Waals surface area contributed by atoms with Gasteiger partial charge >= 0.3 is 11.9 Å². The van der Waals surface area contributed by atoms with Crippen molar-refractivity contribution in [2.75, 3.05) is 18.0 Å². The highest BCUT2D eigenvalue weighted by molar-refractivity contribution is 9.10. The molecular formula is C10H11BrF3N3O2. The first-order valence-electron chi connectivity index (χ1n) is 5.36. The molecule has 0 aliphatic carbocycles. The van der Waals surface area contributed by atoms with Crippen molar-refractivity contribution in [3.8, 4) is 0 Å². The van der Waals surface area contributed by atoms with E-state index in [0.29, 0.717) is 10.9 Å². The van der Waals surface area contributed by atoms with Crippen LogP contribution in [-0.2, 0) is 0 Å². The van der Waals surface area contributed by atoms with E-state index >= 15 is 0 Å². The molecule has 0 aliphatic rings. The Morgan fingerprint density at radius 1 is 1.53 bits per heavy atom. The molecule has 0 radical (unpaired) electrons. The molecule has 106 valence electrons. The number of nitro groups is 1. The summed E-state index contributed by atoms with van der Waals surface area (Å²) in [5.41, 5.74) is -0.452. The zero-order valence-electron chi connectivity index (χ0n) is 9.95. The summed E-state index contributed by atoms with van der Waals surface area (Å²) < 4.78 is 37.8. The molecule has 1 aromatic rings. The molecule has 1 rings (SSSR count). The van der Waals surface area contributed by atoms with Gasteiger partial charge in [-0.05, 0) is 22.4 Å². The van der Waals surface area contributed by atoms with Gasteiger partial charge in [-0.25, -0.2) is 4.98 Å². The summed E-state index contributed by atoms with van der Waals surface area (Å²) in [7, 11) is 0. The Morgan fingerprint density at radius 3 is 2.63 bits per heavy atom. The van der Waals surface area contributed by atoms with Crippen LogP contribution in [0.1, 0.15) is 13.3 Å². The smallest absolute Gasteiger partial charge is 0.342 e. The molecule has 0 atom stereocenters. The molecule has 0 saturated heterocycles. The third-order valence-electron chi connectivity index (χ3n) is 2.17. The normalized spacial score (nSPS) is 11.4. The highest BCUT2D eigenvalue weighted by Crippen LogP contribution is 2.30. The number of hydrogen-bond acceptors (Lipinski definition) is 4. The van der Waals surface area contributed by atoms with Gasteiger partial charge in [0, 0.05) is 23.3 Å². The second-order valence-electron chi connectivity index (χ2n) is 3.79. The van der Waals surface area contributed by atoms with E-state index in [1.165, 1.54) is 6.20 Å². The van der Waals surface area contributed by atoms with Crippen LogP contribution in [0.3, 0.4) is 0 Å². The van der Waals surface area contributed by atoms with E-state index in [0.717, 1.165) is 11.0 Å². The lowest BCUT2D eigenvalue weighted by molar-refractivity contribution is -0.384. The van der Waals surface area contributed by atoms with E-state index in [2.05, 4.69) is 20.9 Å². The SMILES string of the molecule is CCCN(CC(F)(F)F)c1ncc(Br)cc1[N+](=O)[O-]. The van der Waals surface area contributed by atoms with E-state index in [9.17, 15) is 23.3 Å². The Bertz CT molecular complexity index is 468. The summed E-state index contributed by atoms with van der Waals surface area (Å²) in [6.45, 7) is 0.458. The Balaban J connectivity index is 3.18. The minimum Gasteiger partial charge on any atom is -0.342 e. The number of rotatable bonds is 5. The van der Waals surface area contributed by atoms with E-state index < -0.39 is 23.3 Å². The van der Waals surface area contributed by atoms with Crippen molar-refractivity contribution in [3.05, 3.63) is 26.9 Å². The van der Waals surface area contributed by atoms with Gasteiger partial charge in [-0.1, -0.05) is 6.92 Å². The van der Waals surface area contributed by atoms with Crippen molar-refractivity contribution in [2.24, 2.45) is 0 Å². The quantitative estimate of drug-likeness (QED) is 0.607. The minimum absolute atomic E-state index is 0.0367. The van der Waals surface area contributed by atoms with Crippen molar-refractivity contribution < 1.29 is 18.1 Å². The third-order valence-corrected chi connectivity index (χ3v) is 2.61. The van der Waals surface area contributed by atoms with Crippen molar-refractivity contribution in [2.45, 2.75) is 19.5 Å². The first kappa shape index (κ1) is 15.7. The van der Waals surface area contributed by atoms with Gasteiger partial charge in [0.15, 0.2) is 0 Å². The minimum atomic E-state index is -4.45. The molecular weight excluding hydrogens is 331 g/mol. The van der Waals surface area contributed by atoms with Crippen molar-refractivity contribution >= 4 is 27.4 Å². The Morgan fingerprint density at radius 2 is 2.16 bits per heavy atom. The average molecular weight is 342 g/mol. The van der Waals surface area contributed by atoms with Gasteiger partial charge in [-0.15, -0.1) is 0 Å². The van der Waals surface area contributed by atoms with Crippen molar-refractivity contribution in [1.82, 2.24) is 4.98 Å². The second kappa shape index (κ2) is 6.18. The van der Waals surface area contributed by atoms with Crippen LogP contribution in [0.4, 0.5) is 24.7 Å². The van der Waals surface area contributed by atoms with Gasteiger partial charge in [0.05, 0.1) is 4.92 Å². The van der Waals surface area contributed by atoms with E-state index in [4.69, 9.17) is 0 Å². The largest absolute Gasteiger partial charge is 0.405 e. The zero-order chi connectivity index (χ0) is 14.6. The Hall–Kier alpha value is -1.38. The molecule has 0 aliphatic heterocycles. The van der Waals surface area contributed by atoms with Gasteiger partial charge in [0.2, 0.25) is 5.82 Å². The van der Waals surface area contributed by atoms with E-state index in [-0.39, 0.29) is 12.4 Å². The molecule has 0 spiro atoms. The maximum absolute atomic E-state index is 12.5.